The van der Waals surface area contributed by atoms with E-state index in [-0.39, 0.29) is 33.2 Å². The summed E-state index contributed by atoms with van der Waals surface area (Å²) in [5.41, 5.74) is 0.457. The van der Waals surface area contributed by atoms with Crippen molar-refractivity contribution in [1.29, 1.82) is 0 Å². The highest BCUT2D eigenvalue weighted by Crippen LogP contribution is 2.34. The Balaban J connectivity index is 2.07. The second kappa shape index (κ2) is 7.33. The quantitative estimate of drug-likeness (QED) is 0.515. The fourth-order valence-corrected chi connectivity index (χ4v) is 3.46. The minimum atomic E-state index is -4.66. The van der Waals surface area contributed by atoms with E-state index < -0.39 is 17.8 Å². The van der Waals surface area contributed by atoms with Gasteiger partial charge in [0.25, 0.3) is 5.91 Å². The number of halogens is 4. The Labute approximate surface area is 172 Å². The number of anilines is 1. The Morgan fingerprint density at radius 3 is 2.48 bits per heavy atom. The van der Waals surface area contributed by atoms with E-state index in [1.165, 1.54) is 13.0 Å². The molecule has 0 unspecified atom stereocenters. The maximum atomic E-state index is 13.4. The number of rotatable bonds is 3. The van der Waals surface area contributed by atoms with Crippen LogP contribution in [-0.2, 0) is 6.18 Å². The topological polar surface area (TPSA) is 79.5 Å². The van der Waals surface area contributed by atoms with Gasteiger partial charge in [0.2, 0.25) is 0 Å². The number of nitrogens with zero attached hydrogens (tertiary/aromatic N) is 3. The van der Waals surface area contributed by atoms with Crippen LogP contribution < -0.4 is 5.32 Å². The van der Waals surface area contributed by atoms with Crippen molar-refractivity contribution in [2.45, 2.75) is 39.8 Å². The summed E-state index contributed by atoms with van der Waals surface area (Å²) >= 11 is 3.15. The molecule has 0 radical (unpaired) electrons. The van der Waals surface area contributed by atoms with Crippen LogP contribution in [0.1, 0.15) is 52.8 Å². The number of phenolic OH excluding ortho intramolecular Hbond substituents is 1. The van der Waals surface area contributed by atoms with Gasteiger partial charge in [0.1, 0.15) is 11.4 Å². The van der Waals surface area contributed by atoms with Crippen LogP contribution in [-0.4, -0.2) is 25.6 Å². The first-order valence-corrected chi connectivity index (χ1v) is 9.47. The van der Waals surface area contributed by atoms with Crippen LogP contribution in [0.25, 0.3) is 5.65 Å². The van der Waals surface area contributed by atoms with Crippen molar-refractivity contribution in [3.8, 4) is 5.75 Å². The smallest absolute Gasteiger partial charge is 0.433 e. The largest absolute Gasteiger partial charge is 0.508 e. The number of benzene rings is 1. The number of hydrogen-bond donors (Lipinski definition) is 2. The van der Waals surface area contributed by atoms with Gasteiger partial charge in [-0.1, -0.05) is 13.8 Å². The lowest BCUT2D eigenvalue weighted by atomic mass is 9.99. The van der Waals surface area contributed by atoms with Crippen LogP contribution in [0, 0.1) is 13.8 Å². The third-order valence-electron chi connectivity index (χ3n) is 4.41. The van der Waals surface area contributed by atoms with Gasteiger partial charge in [0.05, 0.1) is 4.47 Å². The number of fused-ring (bicyclic) bond motifs is 1. The predicted octanol–water partition coefficient (Wildman–Crippen LogP) is 5.21. The second-order valence-corrected chi connectivity index (χ2v) is 7.81. The number of aromatic hydroxyl groups is 1. The zero-order valence-electron chi connectivity index (χ0n) is 16.0. The number of alkyl halides is 3. The normalized spacial score (nSPS) is 12.0. The molecule has 0 aliphatic heterocycles. The van der Waals surface area contributed by atoms with E-state index in [0.29, 0.717) is 21.3 Å². The third-order valence-corrected chi connectivity index (χ3v) is 5.14. The number of nitrogens with one attached hydrogen (secondary N) is 1. The minimum absolute atomic E-state index is 0.00898. The van der Waals surface area contributed by atoms with Crippen LogP contribution >= 0.6 is 15.9 Å². The molecule has 154 valence electrons. The second-order valence-electron chi connectivity index (χ2n) is 7.01. The summed E-state index contributed by atoms with van der Waals surface area (Å²) in [5, 5.41) is 16.6. The van der Waals surface area contributed by atoms with Crippen molar-refractivity contribution in [2.75, 3.05) is 5.32 Å². The number of amides is 1. The molecule has 29 heavy (non-hydrogen) atoms. The Morgan fingerprint density at radius 2 is 1.90 bits per heavy atom. The number of aryl methyl sites for hydroxylation is 2. The molecule has 2 aromatic heterocycles. The van der Waals surface area contributed by atoms with Gasteiger partial charge in [-0.15, -0.1) is 0 Å². The van der Waals surface area contributed by atoms with E-state index in [4.69, 9.17) is 0 Å². The van der Waals surface area contributed by atoms with Gasteiger partial charge in [0.15, 0.2) is 11.3 Å². The lowest BCUT2D eigenvalue weighted by Crippen LogP contribution is -2.16. The minimum Gasteiger partial charge on any atom is -0.508 e. The van der Waals surface area contributed by atoms with Crippen LogP contribution in [0.5, 0.6) is 5.75 Å². The molecule has 3 rings (SSSR count). The van der Waals surface area contributed by atoms with Gasteiger partial charge in [-0.3, -0.25) is 4.79 Å². The number of phenols is 1. The van der Waals surface area contributed by atoms with Gasteiger partial charge in [-0.25, -0.2) is 9.50 Å². The molecule has 0 bridgehead atoms. The third kappa shape index (κ3) is 3.93. The number of aromatic nitrogens is 3. The van der Waals surface area contributed by atoms with E-state index in [9.17, 15) is 23.1 Å². The average Bonchev–Trinajstić information content (AvgIpc) is 2.92. The molecule has 0 saturated carbocycles. The first kappa shape index (κ1) is 21.1. The van der Waals surface area contributed by atoms with Crippen molar-refractivity contribution >= 4 is 33.2 Å². The first-order chi connectivity index (χ1) is 13.4. The summed E-state index contributed by atoms with van der Waals surface area (Å²) in [6.45, 7) is 6.91. The summed E-state index contributed by atoms with van der Waals surface area (Å²) in [4.78, 5) is 16.8. The zero-order valence-corrected chi connectivity index (χ0v) is 17.6. The molecule has 10 heteroatoms. The SMILES string of the molecule is Cc1cc(C(F)(F)F)n2nc(C(=O)Nc3cc(C(C)C)c(O)cc3C)c(Br)c2n1. The molecule has 0 aliphatic rings. The van der Waals surface area contributed by atoms with Crippen molar-refractivity contribution in [2.24, 2.45) is 0 Å². The average molecular weight is 471 g/mol. The van der Waals surface area contributed by atoms with Crippen LogP contribution in [0.3, 0.4) is 0 Å². The molecule has 0 aliphatic carbocycles. The van der Waals surface area contributed by atoms with Crippen molar-refractivity contribution < 1.29 is 23.1 Å². The molecule has 3 aromatic rings. The van der Waals surface area contributed by atoms with E-state index in [0.717, 1.165) is 6.07 Å². The zero-order chi connectivity index (χ0) is 21.7. The Hall–Kier alpha value is -2.62. The Bertz CT molecular complexity index is 1120. The number of carbonyl (C=O) groups excluding carboxylic acids is 1. The molecule has 6 nitrogen and oxygen atoms in total. The summed E-state index contributed by atoms with van der Waals surface area (Å²) in [5.74, 6) is -0.578. The van der Waals surface area contributed by atoms with Gasteiger partial charge in [0, 0.05) is 11.4 Å². The molecule has 0 fully saturated rings. The summed E-state index contributed by atoms with van der Waals surface area (Å²) in [7, 11) is 0. The molecule has 1 amide bonds. The van der Waals surface area contributed by atoms with Gasteiger partial charge < -0.3 is 10.4 Å². The number of hydrogen-bond acceptors (Lipinski definition) is 4. The fraction of sp³-hybridized carbons (Fsp3) is 0.316. The van der Waals surface area contributed by atoms with Gasteiger partial charge >= 0.3 is 6.18 Å². The summed E-state index contributed by atoms with van der Waals surface area (Å²) < 4.78 is 40.8. The molecular weight excluding hydrogens is 453 g/mol. The predicted molar refractivity (Wildman–Crippen MR) is 105 cm³/mol. The van der Waals surface area contributed by atoms with Crippen LogP contribution in [0.2, 0.25) is 0 Å². The van der Waals surface area contributed by atoms with E-state index in [2.05, 4.69) is 31.3 Å². The summed E-state index contributed by atoms with van der Waals surface area (Å²) in [6, 6.07) is 4.03. The fourth-order valence-electron chi connectivity index (χ4n) is 2.95. The van der Waals surface area contributed by atoms with E-state index in [1.807, 2.05) is 13.8 Å². The van der Waals surface area contributed by atoms with Crippen LogP contribution in [0.4, 0.5) is 18.9 Å². The van der Waals surface area contributed by atoms with Crippen molar-refractivity contribution in [1.82, 2.24) is 14.6 Å². The highest BCUT2D eigenvalue weighted by Gasteiger charge is 2.36. The first-order valence-electron chi connectivity index (χ1n) is 8.68. The maximum absolute atomic E-state index is 13.4. The lowest BCUT2D eigenvalue weighted by Gasteiger charge is -2.14. The lowest BCUT2D eigenvalue weighted by molar-refractivity contribution is -0.142. The molecule has 0 saturated heterocycles. The molecule has 1 aromatic carbocycles. The highest BCUT2D eigenvalue weighted by molar-refractivity contribution is 9.10. The Morgan fingerprint density at radius 1 is 1.24 bits per heavy atom. The molecule has 2 N–H and O–H groups in total. The van der Waals surface area contributed by atoms with E-state index in [1.54, 1.807) is 13.0 Å². The standard InChI is InChI=1S/C19H18BrF3N4O2/c1-8(2)11-7-12(9(3)5-13(11)28)25-18(29)16-15(20)17-24-10(4)6-14(19(21,22)23)27(17)26-16/h5-8,28H,1-4H3,(H,25,29). The Kier molecular flexibility index (Phi) is 5.33. The summed E-state index contributed by atoms with van der Waals surface area (Å²) in [6.07, 6.45) is -4.66. The van der Waals surface area contributed by atoms with Crippen molar-refractivity contribution in [3.63, 3.8) is 0 Å². The van der Waals surface area contributed by atoms with Gasteiger partial charge in [-0.05, 0) is 65.0 Å². The number of carbonyl (C=O) groups is 1. The molecular formula is C19H18BrF3N4O2. The highest BCUT2D eigenvalue weighted by atomic mass is 79.9. The van der Waals surface area contributed by atoms with Gasteiger partial charge in [-0.2, -0.15) is 18.3 Å². The maximum Gasteiger partial charge on any atom is 0.433 e. The molecule has 2 heterocycles. The van der Waals surface area contributed by atoms with Crippen LogP contribution in [0.15, 0.2) is 22.7 Å². The van der Waals surface area contributed by atoms with Crippen molar-refractivity contribution in [3.05, 3.63) is 50.9 Å². The molecule has 0 spiro atoms. The monoisotopic (exact) mass is 470 g/mol. The van der Waals surface area contributed by atoms with E-state index >= 15 is 0 Å². The molecule has 0 atom stereocenters.